The lowest BCUT2D eigenvalue weighted by molar-refractivity contribution is -0.121. The number of sulfonamides is 1. The smallest absolute Gasteiger partial charge is 0.220 e. The van der Waals surface area contributed by atoms with Gasteiger partial charge in [-0.15, -0.1) is 0 Å². The highest BCUT2D eigenvalue weighted by Gasteiger charge is 2.24. The van der Waals surface area contributed by atoms with E-state index in [9.17, 15) is 17.6 Å². The van der Waals surface area contributed by atoms with Crippen LogP contribution in [0.1, 0.15) is 24.8 Å². The summed E-state index contributed by atoms with van der Waals surface area (Å²) in [5, 5.41) is 2.87. The molecule has 1 fully saturated rings. The Morgan fingerprint density at radius 3 is 2.57 bits per heavy atom. The Balaban J connectivity index is 1.69. The number of carbonyl (C=O) groups is 1. The van der Waals surface area contributed by atoms with Gasteiger partial charge in [0.25, 0.3) is 0 Å². The average molecular weight is 342 g/mol. The summed E-state index contributed by atoms with van der Waals surface area (Å²) in [6, 6.07) is 6.46. The molecule has 1 saturated heterocycles. The van der Waals surface area contributed by atoms with Gasteiger partial charge in [0.15, 0.2) is 0 Å². The van der Waals surface area contributed by atoms with Crippen molar-refractivity contribution in [2.45, 2.75) is 25.7 Å². The first-order valence-electron chi connectivity index (χ1n) is 7.81. The molecule has 0 aliphatic carbocycles. The van der Waals surface area contributed by atoms with Gasteiger partial charge in [0, 0.05) is 26.1 Å². The van der Waals surface area contributed by atoms with E-state index in [1.54, 1.807) is 18.2 Å². The van der Waals surface area contributed by atoms with Crippen LogP contribution in [0.3, 0.4) is 0 Å². The highest BCUT2D eigenvalue weighted by Crippen LogP contribution is 2.18. The molecule has 0 spiro atoms. The van der Waals surface area contributed by atoms with Crippen LogP contribution in [-0.4, -0.2) is 44.5 Å². The highest BCUT2D eigenvalue weighted by atomic mass is 32.2. The molecule has 1 heterocycles. The Kier molecular flexibility index (Phi) is 6.12. The molecule has 1 aliphatic heterocycles. The van der Waals surface area contributed by atoms with Crippen molar-refractivity contribution < 1.29 is 17.6 Å². The topological polar surface area (TPSA) is 66.5 Å². The molecule has 1 amide bonds. The summed E-state index contributed by atoms with van der Waals surface area (Å²) in [5.41, 5.74) is 0.545. The van der Waals surface area contributed by atoms with Crippen molar-refractivity contribution in [2.24, 2.45) is 5.92 Å². The number of hydrogen-bond donors (Lipinski definition) is 1. The van der Waals surface area contributed by atoms with Gasteiger partial charge in [-0.2, -0.15) is 0 Å². The standard InChI is InChI=1S/C16H23FN2O3S/c1-23(21,22)19-10-8-13(9-11-19)12-18-16(20)7-6-14-4-2-3-5-15(14)17/h2-5,13H,6-12H2,1H3,(H,18,20). The summed E-state index contributed by atoms with van der Waals surface area (Å²) < 4.78 is 37.8. The van der Waals surface area contributed by atoms with Gasteiger partial charge in [0.2, 0.25) is 15.9 Å². The van der Waals surface area contributed by atoms with Crippen LogP contribution in [0.25, 0.3) is 0 Å². The quantitative estimate of drug-likeness (QED) is 0.853. The number of nitrogens with zero attached hydrogens (tertiary/aromatic N) is 1. The monoisotopic (exact) mass is 342 g/mol. The Bertz CT molecular complexity index is 640. The molecule has 1 N–H and O–H groups in total. The third-order valence-corrected chi connectivity index (χ3v) is 5.51. The lowest BCUT2D eigenvalue weighted by Crippen LogP contribution is -2.41. The molecule has 0 bridgehead atoms. The van der Waals surface area contributed by atoms with Crippen molar-refractivity contribution in [3.63, 3.8) is 0 Å². The van der Waals surface area contributed by atoms with E-state index in [-0.39, 0.29) is 18.1 Å². The fraction of sp³-hybridized carbons (Fsp3) is 0.562. The molecule has 5 nitrogen and oxygen atoms in total. The van der Waals surface area contributed by atoms with Crippen molar-refractivity contribution in [3.8, 4) is 0 Å². The Morgan fingerprint density at radius 1 is 1.30 bits per heavy atom. The van der Waals surface area contributed by atoms with Crippen LogP contribution < -0.4 is 5.32 Å². The third kappa shape index (κ3) is 5.58. The van der Waals surface area contributed by atoms with E-state index in [4.69, 9.17) is 0 Å². The van der Waals surface area contributed by atoms with Crippen molar-refractivity contribution in [1.29, 1.82) is 0 Å². The molecule has 2 rings (SSSR count). The molecular weight excluding hydrogens is 319 g/mol. The molecule has 1 aromatic carbocycles. The molecular formula is C16H23FN2O3S. The van der Waals surface area contributed by atoms with E-state index in [0.717, 1.165) is 12.8 Å². The first kappa shape index (κ1) is 17.9. The largest absolute Gasteiger partial charge is 0.356 e. The number of halogens is 1. The van der Waals surface area contributed by atoms with Crippen LogP contribution in [-0.2, 0) is 21.2 Å². The predicted octanol–water partition coefficient (Wildman–Crippen LogP) is 1.55. The summed E-state index contributed by atoms with van der Waals surface area (Å²) in [4.78, 5) is 11.9. The maximum Gasteiger partial charge on any atom is 0.220 e. The second-order valence-electron chi connectivity index (χ2n) is 6.00. The van der Waals surface area contributed by atoms with Crippen molar-refractivity contribution >= 4 is 15.9 Å². The van der Waals surface area contributed by atoms with E-state index in [0.29, 0.717) is 37.5 Å². The van der Waals surface area contributed by atoms with E-state index < -0.39 is 10.0 Å². The second-order valence-corrected chi connectivity index (χ2v) is 7.98. The van der Waals surface area contributed by atoms with Crippen molar-refractivity contribution in [2.75, 3.05) is 25.9 Å². The van der Waals surface area contributed by atoms with E-state index in [1.807, 2.05) is 0 Å². The van der Waals surface area contributed by atoms with Gasteiger partial charge in [0.05, 0.1) is 6.26 Å². The Labute approximate surface area is 136 Å². The van der Waals surface area contributed by atoms with Crippen LogP contribution in [0.15, 0.2) is 24.3 Å². The molecule has 7 heteroatoms. The fourth-order valence-corrected chi connectivity index (χ4v) is 3.62. The number of aryl methyl sites for hydroxylation is 1. The molecule has 0 saturated carbocycles. The molecule has 23 heavy (non-hydrogen) atoms. The normalized spacial score (nSPS) is 17.1. The van der Waals surface area contributed by atoms with Gasteiger partial charge in [-0.1, -0.05) is 18.2 Å². The Morgan fingerprint density at radius 2 is 1.96 bits per heavy atom. The molecule has 0 atom stereocenters. The van der Waals surface area contributed by atoms with Crippen LogP contribution in [0.2, 0.25) is 0 Å². The van der Waals surface area contributed by atoms with Gasteiger partial charge < -0.3 is 5.32 Å². The number of rotatable bonds is 6. The molecule has 0 aromatic heterocycles. The summed E-state index contributed by atoms with van der Waals surface area (Å²) >= 11 is 0. The van der Waals surface area contributed by atoms with Gasteiger partial charge in [-0.25, -0.2) is 17.1 Å². The van der Waals surface area contributed by atoms with Crippen LogP contribution >= 0.6 is 0 Å². The van der Waals surface area contributed by atoms with Gasteiger partial charge in [0.1, 0.15) is 5.82 Å². The minimum absolute atomic E-state index is 0.0983. The third-order valence-electron chi connectivity index (χ3n) is 4.21. The SMILES string of the molecule is CS(=O)(=O)N1CCC(CNC(=O)CCc2ccccc2F)CC1. The fourth-order valence-electron chi connectivity index (χ4n) is 2.74. The Hall–Kier alpha value is -1.47. The summed E-state index contributed by atoms with van der Waals surface area (Å²) in [6.07, 6.45) is 3.35. The lowest BCUT2D eigenvalue weighted by atomic mass is 9.98. The maximum absolute atomic E-state index is 13.5. The van der Waals surface area contributed by atoms with Gasteiger partial charge >= 0.3 is 0 Å². The number of benzene rings is 1. The molecule has 1 aliphatic rings. The highest BCUT2D eigenvalue weighted by molar-refractivity contribution is 7.88. The zero-order valence-electron chi connectivity index (χ0n) is 13.3. The van der Waals surface area contributed by atoms with Gasteiger partial charge in [-0.3, -0.25) is 4.79 Å². The van der Waals surface area contributed by atoms with Crippen LogP contribution in [0.5, 0.6) is 0 Å². The zero-order chi connectivity index (χ0) is 16.9. The average Bonchev–Trinajstić information content (AvgIpc) is 2.51. The molecule has 128 valence electrons. The number of piperidine rings is 1. The van der Waals surface area contributed by atoms with E-state index in [2.05, 4.69) is 5.32 Å². The van der Waals surface area contributed by atoms with Crippen LogP contribution in [0, 0.1) is 11.7 Å². The first-order valence-corrected chi connectivity index (χ1v) is 9.66. The minimum Gasteiger partial charge on any atom is -0.356 e. The van der Waals surface area contributed by atoms with Crippen molar-refractivity contribution in [1.82, 2.24) is 9.62 Å². The van der Waals surface area contributed by atoms with E-state index >= 15 is 0 Å². The number of nitrogens with one attached hydrogen (secondary N) is 1. The molecule has 1 aromatic rings. The summed E-state index contributed by atoms with van der Waals surface area (Å²) in [5.74, 6) is -0.0855. The predicted molar refractivity (Wildman–Crippen MR) is 86.9 cm³/mol. The zero-order valence-corrected chi connectivity index (χ0v) is 14.1. The lowest BCUT2D eigenvalue weighted by Gasteiger charge is -2.30. The molecule has 0 unspecified atom stereocenters. The second kappa shape index (κ2) is 7.88. The maximum atomic E-state index is 13.5. The number of amides is 1. The molecule has 0 radical (unpaired) electrons. The minimum atomic E-state index is -3.11. The van der Waals surface area contributed by atoms with E-state index in [1.165, 1.54) is 16.6 Å². The first-order chi connectivity index (χ1) is 10.9. The van der Waals surface area contributed by atoms with Gasteiger partial charge in [-0.05, 0) is 36.8 Å². The summed E-state index contributed by atoms with van der Waals surface area (Å²) in [6.45, 7) is 1.57. The number of hydrogen-bond acceptors (Lipinski definition) is 3. The van der Waals surface area contributed by atoms with Crippen molar-refractivity contribution in [3.05, 3.63) is 35.6 Å². The summed E-state index contributed by atoms with van der Waals surface area (Å²) in [7, 11) is -3.11. The van der Waals surface area contributed by atoms with Crippen LogP contribution in [0.4, 0.5) is 4.39 Å². The number of carbonyl (C=O) groups excluding carboxylic acids is 1.